The zero-order chi connectivity index (χ0) is 11.1. The lowest BCUT2D eigenvalue weighted by Crippen LogP contribution is -2.38. The van der Waals surface area contributed by atoms with Gasteiger partial charge in [0.2, 0.25) is 5.91 Å². The van der Waals surface area contributed by atoms with E-state index in [1.54, 1.807) is 16.2 Å². The summed E-state index contributed by atoms with van der Waals surface area (Å²) in [6, 6.07) is 2.03. The van der Waals surface area contributed by atoms with E-state index >= 15 is 0 Å². The van der Waals surface area contributed by atoms with Gasteiger partial charge in [0, 0.05) is 13.6 Å². The number of amides is 1. The molecule has 1 amide bonds. The summed E-state index contributed by atoms with van der Waals surface area (Å²) in [4.78, 5) is 13.9. The molecule has 0 bridgehead atoms. The lowest BCUT2D eigenvalue weighted by Gasteiger charge is -2.21. The Kier molecular flexibility index (Phi) is 2.56. The second kappa shape index (κ2) is 3.61. The summed E-state index contributed by atoms with van der Waals surface area (Å²) in [5.74, 6) is 0.176. The molecule has 0 atom stereocenters. The number of carbonyl (C=O) groups excluding carboxylic acids is 1. The number of nitrogens with zero attached hydrogens (tertiary/aromatic N) is 1. The highest BCUT2D eigenvalue weighted by Crippen LogP contribution is 2.47. The predicted octanol–water partition coefficient (Wildman–Crippen LogP) is 1.76. The maximum Gasteiger partial charge on any atom is 0.234 e. The third kappa shape index (κ3) is 1.68. The van der Waals surface area contributed by atoms with Crippen molar-refractivity contribution < 1.29 is 4.79 Å². The SMILES string of the molecule is Cc1ccsc1N(C)C(=O)C1(CN)CC1. The molecule has 2 N–H and O–H groups in total. The van der Waals surface area contributed by atoms with Crippen molar-refractivity contribution in [2.75, 3.05) is 18.5 Å². The highest BCUT2D eigenvalue weighted by molar-refractivity contribution is 7.14. The first-order valence-corrected chi connectivity index (χ1v) is 6.01. The van der Waals surface area contributed by atoms with Gasteiger partial charge >= 0.3 is 0 Å². The summed E-state index contributed by atoms with van der Waals surface area (Å²) in [6.45, 7) is 2.50. The summed E-state index contributed by atoms with van der Waals surface area (Å²) in [6.07, 6.45) is 1.88. The first kappa shape index (κ1) is 10.6. The molecule has 1 saturated carbocycles. The van der Waals surface area contributed by atoms with Gasteiger partial charge in [0.05, 0.1) is 5.41 Å². The summed E-state index contributed by atoms with van der Waals surface area (Å²) in [5, 5.41) is 3.05. The summed E-state index contributed by atoms with van der Waals surface area (Å²) < 4.78 is 0. The van der Waals surface area contributed by atoms with Gasteiger partial charge in [0.1, 0.15) is 5.00 Å². The zero-order valence-electron chi connectivity index (χ0n) is 9.12. The molecule has 0 unspecified atom stereocenters. The van der Waals surface area contributed by atoms with Crippen LogP contribution in [0.4, 0.5) is 5.00 Å². The van der Waals surface area contributed by atoms with Crippen LogP contribution in [0.3, 0.4) is 0 Å². The van der Waals surface area contributed by atoms with Crippen LogP contribution in [0.15, 0.2) is 11.4 Å². The first-order valence-electron chi connectivity index (χ1n) is 5.13. The number of hydrogen-bond donors (Lipinski definition) is 1. The van der Waals surface area contributed by atoms with E-state index in [9.17, 15) is 4.79 Å². The lowest BCUT2D eigenvalue weighted by atomic mass is 10.1. The van der Waals surface area contributed by atoms with Crippen molar-refractivity contribution in [1.82, 2.24) is 0 Å². The fraction of sp³-hybridized carbons (Fsp3) is 0.545. The third-order valence-electron chi connectivity index (χ3n) is 3.14. The van der Waals surface area contributed by atoms with Gasteiger partial charge < -0.3 is 10.6 Å². The predicted molar refractivity (Wildman–Crippen MR) is 63.2 cm³/mol. The monoisotopic (exact) mass is 224 g/mol. The van der Waals surface area contributed by atoms with Gasteiger partial charge in [0.25, 0.3) is 0 Å². The van der Waals surface area contributed by atoms with Crippen LogP contribution in [0.1, 0.15) is 18.4 Å². The van der Waals surface area contributed by atoms with E-state index in [0.717, 1.165) is 23.4 Å². The van der Waals surface area contributed by atoms with Crippen molar-refractivity contribution in [3.05, 3.63) is 17.0 Å². The molecule has 15 heavy (non-hydrogen) atoms. The Morgan fingerprint density at radius 3 is 2.73 bits per heavy atom. The molecule has 3 nitrogen and oxygen atoms in total. The number of anilines is 1. The van der Waals surface area contributed by atoms with E-state index in [1.165, 1.54) is 0 Å². The first-order chi connectivity index (χ1) is 7.10. The molecule has 1 aromatic rings. The summed E-state index contributed by atoms with van der Waals surface area (Å²) in [7, 11) is 1.84. The minimum absolute atomic E-state index is 0.176. The van der Waals surface area contributed by atoms with Crippen LogP contribution in [-0.4, -0.2) is 19.5 Å². The smallest absolute Gasteiger partial charge is 0.234 e. The Morgan fingerprint density at radius 1 is 1.67 bits per heavy atom. The number of aryl methyl sites for hydroxylation is 1. The molecule has 0 saturated heterocycles. The zero-order valence-corrected chi connectivity index (χ0v) is 9.93. The molecular weight excluding hydrogens is 208 g/mol. The van der Waals surface area contributed by atoms with Crippen LogP contribution in [-0.2, 0) is 4.79 Å². The van der Waals surface area contributed by atoms with Gasteiger partial charge in [-0.3, -0.25) is 4.79 Å². The molecule has 1 aliphatic carbocycles. The Morgan fingerprint density at radius 2 is 2.33 bits per heavy atom. The second-order valence-electron chi connectivity index (χ2n) is 4.26. The van der Waals surface area contributed by atoms with Gasteiger partial charge in [-0.05, 0) is 36.8 Å². The minimum Gasteiger partial charge on any atom is -0.329 e. The molecule has 2 rings (SSSR count). The molecule has 1 fully saturated rings. The molecule has 0 spiro atoms. The molecule has 1 aromatic heterocycles. The third-order valence-corrected chi connectivity index (χ3v) is 4.23. The van der Waals surface area contributed by atoms with Crippen LogP contribution in [0.25, 0.3) is 0 Å². The molecule has 0 aliphatic heterocycles. The number of thiophene rings is 1. The number of rotatable bonds is 3. The van der Waals surface area contributed by atoms with Crippen LogP contribution in [0.2, 0.25) is 0 Å². The normalized spacial score (nSPS) is 17.5. The summed E-state index contributed by atoms with van der Waals surface area (Å²) in [5.41, 5.74) is 6.57. The number of carbonyl (C=O) groups is 1. The van der Waals surface area contributed by atoms with Gasteiger partial charge in [-0.15, -0.1) is 11.3 Å². The van der Waals surface area contributed by atoms with Crippen LogP contribution < -0.4 is 10.6 Å². The second-order valence-corrected chi connectivity index (χ2v) is 5.15. The molecule has 0 radical (unpaired) electrons. The van der Waals surface area contributed by atoms with E-state index in [4.69, 9.17) is 5.73 Å². The lowest BCUT2D eigenvalue weighted by molar-refractivity contribution is -0.123. The van der Waals surface area contributed by atoms with E-state index in [2.05, 4.69) is 0 Å². The molecule has 82 valence electrons. The Balaban J connectivity index is 2.19. The standard InChI is InChI=1S/C11H16N2OS/c1-8-3-6-15-9(8)13(2)10(14)11(7-12)4-5-11/h3,6H,4-5,7,12H2,1-2H3. The molecule has 4 heteroatoms. The number of nitrogens with two attached hydrogens (primary N) is 1. The van der Waals surface area contributed by atoms with Crippen molar-refractivity contribution in [2.45, 2.75) is 19.8 Å². The van der Waals surface area contributed by atoms with Crippen molar-refractivity contribution in [2.24, 2.45) is 11.1 Å². The quantitative estimate of drug-likeness (QED) is 0.850. The van der Waals surface area contributed by atoms with Crippen molar-refractivity contribution >= 4 is 22.2 Å². The maximum absolute atomic E-state index is 12.2. The van der Waals surface area contributed by atoms with Crippen molar-refractivity contribution in [3.8, 4) is 0 Å². The number of hydrogen-bond acceptors (Lipinski definition) is 3. The van der Waals surface area contributed by atoms with E-state index in [0.29, 0.717) is 6.54 Å². The van der Waals surface area contributed by atoms with Crippen LogP contribution in [0.5, 0.6) is 0 Å². The highest BCUT2D eigenvalue weighted by Gasteiger charge is 2.50. The van der Waals surface area contributed by atoms with Gasteiger partial charge in [-0.25, -0.2) is 0 Å². The molecule has 1 heterocycles. The molecule has 1 aliphatic rings. The van der Waals surface area contributed by atoms with E-state index in [-0.39, 0.29) is 11.3 Å². The average Bonchev–Trinajstić information content (AvgIpc) is 2.93. The highest BCUT2D eigenvalue weighted by atomic mass is 32.1. The van der Waals surface area contributed by atoms with Crippen LogP contribution in [0, 0.1) is 12.3 Å². The Labute approximate surface area is 93.9 Å². The fourth-order valence-corrected chi connectivity index (χ4v) is 2.71. The van der Waals surface area contributed by atoms with Gasteiger partial charge in [-0.1, -0.05) is 0 Å². The summed E-state index contributed by atoms with van der Waals surface area (Å²) >= 11 is 1.60. The Hall–Kier alpha value is -0.870. The maximum atomic E-state index is 12.2. The average molecular weight is 224 g/mol. The topological polar surface area (TPSA) is 46.3 Å². The molecule has 0 aromatic carbocycles. The van der Waals surface area contributed by atoms with E-state index in [1.807, 2.05) is 25.4 Å². The van der Waals surface area contributed by atoms with Gasteiger partial charge in [0.15, 0.2) is 0 Å². The van der Waals surface area contributed by atoms with E-state index < -0.39 is 0 Å². The van der Waals surface area contributed by atoms with Gasteiger partial charge in [-0.2, -0.15) is 0 Å². The Bertz CT molecular complexity index is 382. The largest absolute Gasteiger partial charge is 0.329 e. The van der Waals surface area contributed by atoms with Crippen LogP contribution >= 0.6 is 11.3 Å². The van der Waals surface area contributed by atoms with Crippen molar-refractivity contribution in [1.29, 1.82) is 0 Å². The molecular formula is C11H16N2OS. The van der Waals surface area contributed by atoms with Crippen molar-refractivity contribution in [3.63, 3.8) is 0 Å². The fourth-order valence-electron chi connectivity index (χ4n) is 1.81. The minimum atomic E-state index is -0.245.